The number of carbonyl (C=O) groups excluding carboxylic acids is 1. The number of halogens is 1. The molecule has 2 aliphatic heterocycles. The number of rotatable bonds is 2. The van der Waals surface area contributed by atoms with E-state index < -0.39 is 23.9 Å². The maximum Gasteiger partial charge on any atom is 0.494 e. The molecule has 1 amide bonds. The second-order valence-corrected chi connectivity index (χ2v) is 10.1. The van der Waals surface area contributed by atoms with E-state index in [0.717, 1.165) is 5.46 Å². The van der Waals surface area contributed by atoms with Crippen molar-refractivity contribution in [2.45, 2.75) is 84.0 Å². The van der Waals surface area contributed by atoms with Crippen molar-refractivity contribution < 1.29 is 23.2 Å². The van der Waals surface area contributed by atoms with Gasteiger partial charge in [0.1, 0.15) is 11.4 Å². The summed E-state index contributed by atoms with van der Waals surface area (Å²) in [5, 5.41) is 0. The van der Waals surface area contributed by atoms with Gasteiger partial charge in [0.05, 0.1) is 11.2 Å². The number of carbonyl (C=O) groups is 1. The molecule has 0 spiro atoms. The largest absolute Gasteiger partial charge is 0.494 e. The summed E-state index contributed by atoms with van der Waals surface area (Å²) >= 11 is 0. The minimum atomic E-state index is -0.517. The van der Waals surface area contributed by atoms with Crippen LogP contribution in [0.2, 0.25) is 0 Å². The second kappa shape index (κ2) is 7.58. The third-order valence-corrected chi connectivity index (χ3v) is 6.13. The van der Waals surface area contributed by atoms with Crippen molar-refractivity contribution in [2.24, 2.45) is 0 Å². The number of hydrogen-bond acceptors (Lipinski definition) is 4. The van der Waals surface area contributed by atoms with E-state index in [1.54, 1.807) is 11.0 Å². The van der Waals surface area contributed by atoms with Crippen molar-refractivity contribution in [1.29, 1.82) is 0 Å². The minimum Gasteiger partial charge on any atom is -0.444 e. The lowest BCUT2D eigenvalue weighted by Crippen LogP contribution is -2.41. The lowest BCUT2D eigenvalue weighted by molar-refractivity contribution is 0.00578. The van der Waals surface area contributed by atoms with Gasteiger partial charge in [-0.15, -0.1) is 0 Å². The fourth-order valence-electron chi connectivity index (χ4n) is 3.70. The van der Waals surface area contributed by atoms with Crippen LogP contribution < -0.4 is 5.46 Å². The van der Waals surface area contributed by atoms with Gasteiger partial charge in [0.15, 0.2) is 0 Å². The fourth-order valence-corrected chi connectivity index (χ4v) is 3.70. The van der Waals surface area contributed by atoms with E-state index in [1.807, 2.05) is 54.5 Å². The number of likely N-dealkylation sites (tertiary alicyclic amines) is 1. The number of nitrogens with zero attached hydrogens (tertiary/aromatic N) is 1. The topological polar surface area (TPSA) is 48.0 Å². The summed E-state index contributed by atoms with van der Waals surface area (Å²) in [6.07, 6.45) is 1.09. The summed E-state index contributed by atoms with van der Waals surface area (Å²) < 4.78 is 32.3. The number of benzene rings is 1. The van der Waals surface area contributed by atoms with E-state index >= 15 is 0 Å². The van der Waals surface area contributed by atoms with Crippen LogP contribution >= 0.6 is 0 Å². The lowest BCUT2D eigenvalue weighted by atomic mass is 9.76. The monoisotopic (exact) mass is 405 g/mol. The Kier molecular flexibility index (Phi) is 5.78. The van der Waals surface area contributed by atoms with Crippen LogP contribution in [0.5, 0.6) is 0 Å². The van der Waals surface area contributed by atoms with Gasteiger partial charge in [-0.3, -0.25) is 0 Å². The molecule has 2 fully saturated rings. The Morgan fingerprint density at radius 2 is 1.69 bits per heavy atom. The van der Waals surface area contributed by atoms with Gasteiger partial charge in [-0.25, -0.2) is 9.18 Å². The molecule has 1 aromatic carbocycles. The molecule has 160 valence electrons. The highest BCUT2D eigenvalue weighted by Crippen LogP contribution is 2.37. The smallest absolute Gasteiger partial charge is 0.444 e. The van der Waals surface area contributed by atoms with Gasteiger partial charge < -0.3 is 18.9 Å². The Balaban J connectivity index is 1.70. The molecule has 29 heavy (non-hydrogen) atoms. The Hall–Kier alpha value is -1.60. The van der Waals surface area contributed by atoms with Crippen molar-refractivity contribution in [3.8, 4) is 0 Å². The quantitative estimate of drug-likeness (QED) is 0.691. The molecule has 7 heteroatoms. The molecule has 0 N–H and O–H groups in total. The molecule has 0 unspecified atom stereocenters. The number of hydrogen-bond donors (Lipinski definition) is 0. The van der Waals surface area contributed by atoms with E-state index in [9.17, 15) is 9.18 Å². The summed E-state index contributed by atoms with van der Waals surface area (Å²) in [5.41, 5.74) is 0.100. The van der Waals surface area contributed by atoms with Gasteiger partial charge in [-0.2, -0.15) is 0 Å². The molecule has 0 atom stereocenters. The Morgan fingerprint density at radius 1 is 1.14 bits per heavy atom. The molecule has 2 saturated heterocycles. The number of ether oxygens (including phenoxy) is 1. The van der Waals surface area contributed by atoms with Crippen LogP contribution in [0.1, 0.15) is 72.8 Å². The molecule has 0 aromatic heterocycles. The van der Waals surface area contributed by atoms with Crippen molar-refractivity contribution in [1.82, 2.24) is 4.90 Å². The predicted molar refractivity (Wildman–Crippen MR) is 112 cm³/mol. The first kappa shape index (κ1) is 22.1. The van der Waals surface area contributed by atoms with E-state index in [4.69, 9.17) is 14.0 Å². The molecule has 0 saturated carbocycles. The van der Waals surface area contributed by atoms with Crippen LogP contribution in [0.15, 0.2) is 18.2 Å². The summed E-state index contributed by atoms with van der Waals surface area (Å²) in [6.45, 7) is 14.7. The second-order valence-electron chi connectivity index (χ2n) is 10.1. The molecule has 3 rings (SSSR count). The average Bonchev–Trinajstić information content (AvgIpc) is 2.81. The summed E-state index contributed by atoms with van der Waals surface area (Å²) in [7, 11) is -0.513. The first-order chi connectivity index (χ1) is 13.3. The predicted octanol–water partition coefficient (Wildman–Crippen LogP) is 4.24. The van der Waals surface area contributed by atoms with Crippen LogP contribution in [-0.2, 0) is 14.0 Å². The van der Waals surface area contributed by atoms with Crippen LogP contribution in [0.3, 0.4) is 0 Å². The zero-order valence-electron chi connectivity index (χ0n) is 18.7. The van der Waals surface area contributed by atoms with Crippen molar-refractivity contribution in [2.75, 3.05) is 13.1 Å². The highest BCUT2D eigenvalue weighted by Gasteiger charge is 2.51. The Morgan fingerprint density at radius 3 is 2.21 bits per heavy atom. The maximum absolute atomic E-state index is 14.6. The Bertz CT molecular complexity index is 751. The van der Waals surface area contributed by atoms with Gasteiger partial charge in [-0.1, -0.05) is 12.1 Å². The first-order valence-electron chi connectivity index (χ1n) is 10.4. The van der Waals surface area contributed by atoms with Crippen LogP contribution in [0, 0.1) is 5.82 Å². The summed E-state index contributed by atoms with van der Waals surface area (Å²) in [6, 6.07) is 5.10. The van der Waals surface area contributed by atoms with E-state index in [-0.39, 0.29) is 17.8 Å². The molecular formula is C22H33BFNO4. The molecule has 2 heterocycles. The standard InChI is InChI=1S/C22H33BFNO4/c1-20(2,3)27-19(26)25-12-10-15(11-13-25)17-14-16(8-9-18(17)24)23-28-21(4,5)22(6,7)29-23/h8-9,14-15H,10-13H2,1-7H3. The summed E-state index contributed by atoms with van der Waals surface area (Å²) in [4.78, 5) is 14.0. The molecular weight excluding hydrogens is 372 g/mol. The molecule has 0 aliphatic carbocycles. The highest BCUT2D eigenvalue weighted by atomic mass is 19.1. The van der Waals surface area contributed by atoms with E-state index in [0.29, 0.717) is 31.5 Å². The molecule has 0 bridgehead atoms. The minimum absolute atomic E-state index is 0.0519. The van der Waals surface area contributed by atoms with Crippen molar-refractivity contribution in [3.63, 3.8) is 0 Å². The van der Waals surface area contributed by atoms with Crippen molar-refractivity contribution in [3.05, 3.63) is 29.6 Å². The van der Waals surface area contributed by atoms with Gasteiger partial charge in [0.2, 0.25) is 0 Å². The van der Waals surface area contributed by atoms with Gasteiger partial charge in [0, 0.05) is 13.1 Å². The van der Waals surface area contributed by atoms with Gasteiger partial charge >= 0.3 is 13.2 Å². The third kappa shape index (κ3) is 4.77. The highest BCUT2D eigenvalue weighted by molar-refractivity contribution is 6.62. The van der Waals surface area contributed by atoms with E-state index in [1.165, 1.54) is 6.07 Å². The molecule has 5 nitrogen and oxygen atoms in total. The van der Waals surface area contributed by atoms with Crippen LogP contribution in [0.25, 0.3) is 0 Å². The fraction of sp³-hybridized carbons (Fsp3) is 0.682. The van der Waals surface area contributed by atoms with Crippen LogP contribution in [0.4, 0.5) is 9.18 Å². The SMILES string of the molecule is CC(C)(C)OC(=O)N1CCC(c2cc(B3OC(C)(C)C(C)(C)O3)ccc2F)CC1. The Labute approximate surface area is 174 Å². The zero-order valence-corrected chi connectivity index (χ0v) is 18.7. The lowest BCUT2D eigenvalue weighted by Gasteiger charge is -2.33. The number of piperidine rings is 1. The normalized spacial score (nSPS) is 22.1. The number of amides is 1. The maximum atomic E-state index is 14.6. The summed E-state index contributed by atoms with van der Waals surface area (Å²) in [5.74, 6) is -0.169. The van der Waals surface area contributed by atoms with Crippen molar-refractivity contribution >= 4 is 18.7 Å². The van der Waals surface area contributed by atoms with Crippen LogP contribution in [-0.4, -0.2) is 48.0 Å². The molecule has 0 radical (unpaired) electrons. The molecule has 2 aliphatic rings. The van der Waals surface area contributed by atoms with Gasteiger partial charge in [-0.05, 0) is 84.3 Å². The third-order valence-electron chi connectivity index (χ3n) is 6.13. The zero-order chi connectivity index (χ0) is 21.6. The first-order valence-corrected chi connectivity index (χ1v) is 10.4. The van der Waals surface area contributed by atoms with Gasteiger partial charge in [0.25, 0.3) is 0 Å². The molecule has 1 aromatic rings. The average molecular weight is 405 g/mol. The van der Waals surface area contributed by atoms with E-state index in [2.05, 4.69) is 0 Å².